The van der Waals surface area contributed by atoms with Crippen LogP contribution in [-0.2, 0) is 14.3 Å². The molecule has 18 heavy (non-hydrogen) atoms. The maximum atomic E-state index is 12.0. The molecule has 0 aliphatic carbocycles. The number of unbranched alkanes of at least 4 members (excludes halogenated alkanes) is 1. The minimum atomic E-state index is -0.629. The molecule has 0 aromatic rings. The molecule has 4 heteroatoms. The van der Waals surface area contributed by atoms with Crippen molar-refractivity contribution in [1.82, 2.24) is 0 Å². The van der Waals surface area contributed by atoms with Gasteiger partial charge >= 0.3 is 5.97 Å². The molecule has 0 aromatic heterocycles. The highest BCUT2D eigenvalue weighted by Gasteiger charge is 2.40. The van der Waals surface area contributed by atoms with E-state index < -0.39 is 11.9 Å². The van der Waals surface area contributed by atoms with Gasteiger partial charge in [-0.05, 0) is 18.8 Å². The zero-order valence-electron chi connectivity index (χ0n) is 11.4. The summed E-state index contributed by atoms with van der Waals surface area (Å²) in [5.74, 6) is -0.517. The summed E-state index contributed by atoms with van der Waals surface area (Å²) in [6.07, 6.45) is 3.90. The van der Waals surface area contributed by atoms with E-state index in [0.29, 0.717) is 18.8 Å². The van der Waals surface area contributed by atoms with Crippen LogP contribution in [0.1, 0.15) is 46.0 Å². The number of hydrogen-bond donors (Lipinski definition) is 1. The first-order chi connectivity index (χ1) is 8.56. The van der Waals surface area contributed by atoms with Crippen molar-refractivity contribution in [3.8, 4) is 0 Å². The number of esters is 1. The van der Waals surface area contributed by atoms with Crippen LogP contribution in [0.4, 0.5) is 0 Å². The quantitative estimate of drug-likeness (QED) is 0.409. The predicted molar refractivity (Wildman–Crippen MR) is 68.0 cm³/mol. The Labute approximate surface area is 109 Å². The molecule has 0 spiro atoms. The van der Waals surface area contributed by atoms with Gasteiger partial charge in [0, 0.05) is 18.9 Å². The summed E-state index contributed by atoms with van der Waals surface area (Å²) in [6.45, 7) is 4.60. The number of ether oxygens (including phenoxy) is 1. The van der Waals surface area contributed by atoms with Gasteiger partial charge in [-0.2, -0.15) is 0 Å². The first-order valence-electron chi connectivity index (χ1n) is 6.86. The van der Waals surface area contributed by atoms with Crippen LogP contribution in [0.5, 0.6) is 0 Å². The van der Waals surface area contributed by atoms with Crippen molar-refractivity contribution in [2.75, 3.05) is 13.2 Å². The number of hydrogen-bond acceptors (Lipinski definition) is 4. The van der Waals surface area contributed by atoms with Crippen LogP contribution in [-0.4, -0.2) is 30.1 Å². The van der Waals surface area contributed by atoms with E-state index in [4.69, 9.17) is 9.84 Å². The van der Waals surface area contributed by atoms with Crippen molar-refractivity contribution in [2.45, 2.75) is 46.0 Å². The van der Waals surface area contributed by atoms with Gasteiger partial charge in [0.15, 0.2) is 0 Å². The molecule has 1 aliphatic rings. The fourth-order valence-corrected chi connectivity index (χ4v) is 2.39. The fourth-order valence-electron chi connectivity index (χ4n) is 2.39. The number of rotatable bonds is 8. The molecule has 4 nitrogen and oxygen atoms in total. The number of aliphatic hydroxyl groups excluding tert-OH is 1. The third-order valence-electron chi connectivity index (χ3n) is 3.47. The second-order valence-electron chi connectivity index (χ2n) is 5.49. The fraction of sp³-hybridized carbons (Fsp3) is 0.857. The monoisotopic (exact) mass is 256 g/mol. The normalized spacial score (nSPS) is 23.4. The van der Waals surface area contributed by atoms with Gasteiger partial charge in [-0.1, -0.05) is 26.7 Å². The average Bonchev–Trinajstić information content (AvgIpc) is 2.66. The molecule has 0 radical (unpaired) electrons. The smallest absolute Gasteiger partial charge is 0.316 e. The first-order valence-corrected chi connectivity index (χ1v) is 6.86. The average molecular weight is 256 g/mol. The van der Waals surface area contributed by atoms with Crippen LogP contribution in [0.3, 0.4) is 0 Å². The number of carbonyl (C=O) groups is 2. The number of aliphatic hydroxyl groups is 1. The summed E-state index contributed by atoms with van der Waals surface area (Å²) in [6, 6.07) is 0. The van der Waals surface area contributed by atoms with Gasteiger partial charge in [0.2, 0.25) is 0 Å². The predicted octanol–water partition coefficient (Wildman–Crippen LogP) is 1.94. The highest BCUT2D eigenvalue weighted by atomic mass is 16.5. The van der Waals surface area contributed by atoms with E-state index in [0.717, 1.165) is 19.3 Å². The topological polar surface area (TPSA) is 63.6 Å². The van der Waals surface area contributed by atoms with Crippen LogP contribution >= 0.6 is 0 Å². The molecule has 1 rings (SSSR count). The standard InChI is InChI=1S/C14H24O4/c1-10(2)5-3-4-6-12(16)13-11(7-8-15)9-18-14(13)17/h10-11,13,15H,3-9H2,1-2H3. The zero-order valence-corrected chi connectivity index (χ0v) is 11.4. The molecule has 1 N–H and O–H groups in total. The van der Waals surface area contributed by atoms with Crippen molar-refractivity contribution in [2.24, 2.45) is 17.8 Å². The molecule has 2 atom stereocenters. The number of carbonyl (C=O) groups excluding carboxylic acids is 2. The molecular weight excluding hydrogens is 232 g/mol. The zero-order chi connectivity index (χ0) is 13.5. The molecular formula is C14H24O4. The lowest BCUT2D eigenvalue weighted by molar-refractivity contribution is -0.144. The van der Waals surface area contributed by atoms with Gasteiger partial charge < -0.3 is 9.84 Å². The van der Waals surface area contributed by atoms with Gasteiger partial charge in [0.25, 0.3) is 0 Å². The molecule has 1 fully saturated rings. The van der Waals surface area contributed by atoms with Crippen LogP contribution in [0.2, 0.25) is 0 Å². The summed E-state index contributed by atoms with van der Waals surface area (Å²) >= 11 is 0. The van der Waals surface area contributed by atoms with Crippen LogP contribution in [0.25, 0.3) is 0 Å². The first kappa shape index (κ1) is 15.2. The summed E-state index contributed by atoms with van der Waals surface area (Å²) in [7, 11) is 0. The lowest BCUT2D eigenvalue weighted by atomic mass is 9.87. The molecule has 2 unspecified atom stereocenters. The maximum absolute atomic E-state index is 12.0. The summed E-state index contributed by atoms with van der Waals surface area (Å²) in [5, 5.41) is 8.91. The van der Waals surface area contributed by atoms with Gasteiger partial charge in [-0.15, -0.1) is 0 Å². The Morgan fingerprint density at radius 1 is 1.44 bits per heavy atom. The Morgan fingerprint density at radius 2 is 2.17 bits per heavy atom. The Morgan fingerprint density at radius 3 is 2.78 bits per heavy atom. The summed E-state index contributed by atoms with van der Waals surface area (Å²) in [4.78, 5) is 23.5. The Balaban J connectivity index is 2.36. The van der Waals surface area contributed by atoms with E-state index in [-0.39, 0.29) is 24.9 Å². The summed E-state index contributed by atoms with van der Waals surface area (Å²) < 4.78 is 4.93. The Kier molecular flexibility index (Phi) is 6.33. The van der Waals surface area contributed by atoms with Gasteiger partial charge in [0.05, 0.1) is 6.61 Å². The number of Topliss-reactive ketones (excluding diaryl/α,β-unsaturated/α-hetero) is 1. The maximum Gasteiger partial charge on any atom is 0.316 e. The minimum Gasteiger partial charge on any atom is -0.465 e. The van der Waals surface area contributed by atoms with E-state index in [1.54, 1.807) is 0 Å². The Bertz CT molecular complexity index is 286. The van der Waals surface area contributed by atoms with Crippen LogP contribution in [0.15, 0.2) is 0 Å². The SMILES string of the molecule is CC(C)CCCCC(=O)C1C(=O)OCC1CCO. The molecule has 0 bridgehead atoms. The lowest BCUT2D eigenvalue weighted by Crippen LogP contribution is -2.26. The molecule has 0 aromatic carbocycles. The van der Waals surface area contributed by atoms with Crippen LogP contribution in [0, 0.1) is 17.8 Å². The second-order valence-corrected chi connectivity index (χ2v) is 5.49. The third kappa shape index (κ3) is 4.41. The molecule has 1 heterocycles. The van der Waals surface area contributed by atoms with Gasteiger partial charge in [-0.3, -0.25) is 9.59 Å². The van der Waals surface area contributed by atoms with E-state index in [1.807, 2.05) is 0 Å². The van der Waals surface area contributed by atoms with E-state index in [9.17, 15) is 9.59 Å². The highest BCUT2D eigenvalue weighted by Crippen LogP contribution is 2.27. The minimum absolute atomic E-state index is 0.00155. The molecule has 1 aliphatic heterocycles. The second kappa shape index (κ2) is 7.52. The van der Waals surface area contributed by atoms with Gasteiger partial charge in [0.1, 0.15) is 11.7 Å². The molecule has 104 valence electrons. The largest absolute Gasteiger partial charge is 0.465 e. The molecule has 0 saturated carbocycles. The number of ketones is 1. The van der Waals surface area contributed by atoms with E-state index in [2.05, 4.69) is 13.8 Å². The Hall–Kier alpha value is -0.900. The van der Waals surface area contributed by atoms with Crippen LogP contribution < -0.4 is 0 Å². The van der Waals surface area contributed by atoms with Gasteiger partial charge in [-0.25, -0.2) is 0 Å². The third-order valence-corrected chi connectivity index (χ3v) is 3.47. The van der Waals surface area contributed by atoms with Crippen molar-refractivity contribution < 1.29 is 19.4 Å². The number of cyclic esters (lactones) is 1. The highest BCUT2D eigenvalue weighted by molar-refractivity contribution is 6.00. The van der Waals surface area contributed by atoms with Crippen molar-refractivity contribution >= 4 is 11.8 Å². The molecule has 1 saturated heterocycles. The lowest BCUT2D eigenvalue weighted by Gasteiger charge is -2.12. The molecule has 0 amide bonds. The van der Waals surface area contributed by atoms with Crippen molar-refractivity contribution in [1.29, 1.82) is 0 Å². The van der Waals surface area contributed by atoms with Crippen molar-refractivity contribution in [3.05, 3.63) is 0 Å². The van der Waals surface area contributed by atoms with E-state index >= 15 is 0 Å². The van der Waals surface area contributed by atoms with Crippen molar-refractivity contribution in [3.63, 3.8) is 0 Å². The van der Waals surface area contributed by atoms with E-state index in [1.165, 1.54) is 0 Å². The summed E-state index contributed by atoms with van der Waals surface area (Å²) in [5.41, 5.74) is 0.